The fourth-order valence-corrected chi connectivity index (χ4v) is 5.13. The third kappa shape index (κ3) is 5.98. The number of rotatable bonds is 10. The molecule has 1 atom stereocenters. The Balaban J connectivity index is 1.83. The molecule has 3 aromatic rings. The van der Waals surface area contributed by atoms with Gasteiger partial charge in [-0.3, -0.25) is 15.1 Å². The van der Waals surface area contributed by atoms with Gasteiger partial charge in [-0.05, 0) is 29.8 Å². The number of carbonyl (C=O) groups excluding carboxylic acids is 1. The lowest BCUT2D eigenvalue weighted by Gasteiger charge is -2.19. The van der Waals surface area contributed by atoms with Crippen LogP contribution in [0, 0.1) is 0 Å². The lowest BCUT2D eigenvalue weighted by Crippen LogP contribution is -2.19. The SMILES string of the molecule is CONc1ccc(C(F)(F)c2ccc(S(=O)(=O)CC(CC(=O)OC)c3ccccc3)cc2)cc1. The maximum Gasteiger partial charge on any atom is 0.306 e. The zero-order valence-corrected chi connectivity index (χ0v) is 19.5. The number of halogens is 2. The second-order valence-corrected chi connectivity index (χ2v) is 9.69. The Morgan fingerprint density at radius 2 is 1.47 bits per heavy atom. The van der Waals surface area contributed by atoms with Gasteiger partial charge in [-0.1, -0.05) is 54.6 Å². The second kappa shape index (κ2) is 10.8. The van der Waals surface area contributed by atoms with Gasteiger partial charge >= 0.3 is 5.97 Å². The van der Waals surface area contributed by atoms with Crippen LogP contribution in [0.15, 0.2) is 83.8 Å². The van der Waals surface area contributed by atoms with E-state index in [0.29, 0.717) is 11.3 Å². The van der Waals surface area contributed by atoms with Crippen molar-refractivity contribution in [1.82, 2.24) is 0 Å². The molecule has 1 N–H and O–H groups in total. The van der Waals surface area contributed by atoms with Crippen LogP contribution >= 0.6 is 0 Å². The molecule has 34 heavy (non-hydrogen) atoms. The van der Waals surface area contributed by atoms with Crippen molar-refractivity contribution in [2.75, 3.05) is 25.5 Å². The number of ether oxygens (including phenoxy) is 1. The quantitative estimate of drug-likeness (QED) is 0.322. The molecule has 1 unspecified atom stereocenters. The summed E-state index contributed by atoms with van der Waals surface area (Å²) in [5, 5.41) is 0. The molecule has 3 aromatic carbocycles. The number of alkyl halides is 2. The number of benzene rings is 3. The highest BCUT2D eigenvalue weighted by Crippen LogP contribution is 2.37. The third-order valence-corrected chi connectivity index (χ3v) is 7.21. The molecule has 0 saturated heterocycles. The zero-order chi connectivity index (χ0) is 24.8. The molecule has 0 aliphatic heterocycles. The van der Waals surface area contributed by atoms with Crippen LogP contribution in [0.4, 0.5) is 14.5 Å². The minimum absolute atomic E-state index is 0.0995. The van der Waals surface area contributed by atoms with Crippen LogP contribution in [0.2, 0.25) is 0 Å². The Morgan fingerprint density at radius 1 is 0.912 bits per heavy atom. The predicted molar refractivity (Wildman–Crippen MR) is 124 cm³/mol. The van der Waals surface area contributed by atoms with Crippen molar-refractivity contribution in [3.63, 3.8) is 0 Å². The number of sulfone groups is 1. The Bertz CT molecular complexity index is 1200. The van der Waals surface area contributed by atoms with Crippen molar-refractivity contribution >= 4 is 21.5 Å². The predicted octanol–water partition coefficient (Wildman–Crippen LogP) is 4.92. The van der Waals surface area contributed by atoms with Crippen LogP contribution in [0.3, 0.4) is 0 Å². The minimum atomic E-state index is -3.88. The normalized spacial score (nSPS) is 12.7. The number of anilines is 1. The van der Waals surface area contributed by atoms with Gasteiger partial charge in [0, 0.05) is 17.0 Å². The highest BCUT2D eigenvalue weighted by Gasteiger charge is 2.34. The standard InChI is InChI=1S/C25H25F2NO5S/c1-32-24(29)16-19(18-6-4-3-5-7-18)17-34(30,31)23-14-10-21(11-15-23)25(26,27)20-8-12-22(13-9-20)28-33-2/h3-15,19,28H,16-17H2,1-2H3. The minimum Gasteiger partial charge on any atom is -0.469 e. The van der Waals surface area contributed by atoms with Crippen molar-refractivity contribution in [1.29, 1.82) is 0 Å². The van der Waals surface area contributed by atoms with Gasteiger partial charge in [0.05, 0.1) is 37.0 Å². The van der Waals surface area contributed by atoms with Gasteiger partial charge in [0.1, 0.15) is 0 Å². The summed E-state index contributed by atoms with van der Waals surface area (Å²) in [5.74, 6) is -4.87. The average Bonchev–Trinajstić information content (AvgIpc) is 2.84. The molecule has 0 spiro atoms. The topological polar surface area (TPSA) is 81.7 Å². The number of carbonyl (C=O) groups is 1. The van der Waals surface area contributed by atoms with Gasteiger partial charge in [-0.25, -0.2) is 8.42 Å². The summed E-state index contributed by atoms with van der Waals surface area (Å²) in [5.41, 5.74) is 3.16. The summed E-state index contributed by atoms with van der Waals surface area (Å²) in [7, 11) is -1.23. The van der Waals surface area contributed by atoms with Crippen molar-refractivity contribution in [3.05, 3.63) is 95.6 Å². The Hall–Kier alpha value is -3.30. The average molecular weight is 490 g/mol. The van der Waals surface area contributed by atoms with Crippen LogP contribution < -0.4 is 5.48 Å². The van der Waals surface area contributed by atoms with Gasteiger partial charge in [0.15, 0.2) is 9.84 Å². The number of hydrogen-bond donors (Lipinski definition) is 1. The molecule has 0 radical (unpaired) electrons. The lowest BCUT2D eigenvalue weighted by molar-refractivity contribution is -0.140. The van der Waals surface area contributed by atoms with E-state index in [4.69, 9.17) is 9.57 Å². The first-order valence-electron chi connectivity index (χ1n) is 10.4. The largest absolute Gasteiger partial charge is 0.469 e. The molecule has 0 amide bonds. The summed E-state index contributed by atoms with van der Waals surface area (Å²) in [6.45, 7) is 0. The number of esters is 1. The summed E-state index contributed by atoms with van der Waals surface area (Å²) in [6.07, 6.45) is -0.121. The van der Waals surface area contributed by atoms with E-state index in [-0.39, 0.29) is 28.2 Å². The molecule has 6 nitrogen and oxygen atoms in total. The monoisotopic (exact) mass is 489 g/mol. The second-order valence-electron chi connectivity index (χ2n) is 7.65. The van der Waals surface area contributed by atoms with E-state index in [1.165, 1.54) is 50.6 Å². The third-order valence-electron chi connectivity index (χ3n) is 5.38. The van der Waals surface area contributed by atoms with Gasteiger partial charge in [-0.15, -0.1) is 0 Å². The zero-order valence-electron chi connectivity index (χ0n) is 18.7. The van der Waals surface area contributed by atoms with Crippen molar-refractivity contribution in [3.8, 4) is 0 Å². The molecule has 0 aliphatic carbocycles. The molecule has 0 aromatic heterocycles. The first kappa shape index (κ1) is 25.3. The van der Waals surface area contributed by atoms with Crippen LogP contribution in [0.1, 0.15) is 29.0 Å². The smallest absolute Gasteiger partial charge is 0.306 e. The van der Waals surface area contributed by atoms with E-state index in [2.05, 4.69) is 5.48 Å². The first-order valence-corrected chi connectivity index (χ1v) is 12.0. The van der Waals surface area contributed by atoms with E-state index in [0.717, 1.165) is 12.1 Å². The van der Waals surface area contributed by atoms with Crippen molar-refractivity contribution in [2.45, 2.75) is 23.2 Å². The molecule has 0 aliphatic rings. The van der Waals surface area contributed by atoms with Crippen LogP contribution in [0.25, 0.3) is 0 Å². The molecular formula is C25H25F2NO5S. The van der Waals surface area contributed by atoms with Gasteiger partial charge in [0.2, 0.25) is 0 Å². The lowest BCUT2D eigenvalue weighted by atomic mass is 9.98. The molecule has 0 fully saturated rings. The maximum absolute atomic E-state index is 15.0. The molecule has 0 saturated carbocycles. The number of methoxy groups -OCH3 is 1. The summed E-state index contributed by atoms with van der Waals surface area (Å²) < 4.78 is 60.8. The van der Waals surface area contributed by atoms with Crippen molar-refractivity contribution in [2.24, 2.45) is 0 Å². The highest BCUT2D eigenvalue weighted by molar-refractivity contribution is 7.91. The van der Waals surface area contributed by atoms with Gasteiger partial charge < -0.3 is 4.74 Å². The van der Waals surface area contributed by atoms with Gasteiger partial charge in [-0.2, -0.15) is 8.78 Å². The van der Waals surface area contributed by atoms with E-state index in [1.54, 1.807) is 30.3 Å². The van der Waals surface area contributed by atoms with E-state index < -0.39 is 27.6 Å². The number of hydrogen-bond acceptors (Lipinski definition) is 6. The van der Waals surface area contributed by atoms with E-state index in [9.17, 15) is 22.0 Å². The maximum atomic E-state index is 15.0. The highest BCUT2D eigenvalue weighted by atomic mass is 32.2. The fraction of sp³-hybridized carbons (Fsp3) is 0.240. The van der Waals surface area contributed by atoms with Crippen LogP contribution in [0.5, 0.6) is 0 Å². The van der Waals surface area contributed by atoms with Crippen LogP contribution in [-0.2, 0) is 30.1 Å². The Kier molecular flexibility index (Phi) is 8.01. The first-order chi connectivity index (χ1) is 16.2. The Morgan fingerprint density at radius 3 is 2.00 bits per heavy atom. The summed E-state index contributed by atoms with van der Waals surface area (Å²) >= 11 is 0. The molecule has 9 heteroatoms. The van der Waals surface area contributed by atoms with Gasteiger partial charge in [0.25, 0.3) is 5.92 Å². The molecule has 0 heterocycles. The fourth-order valence-electron chi connectivity index (χ4n) is 3.55. The summed E-state index contributed by atoms with van der Waals surface area (Å²) in [6, 6.07) is 18.7. The van der Waals surface area contributed by atoms with Crippen molar-refractivity contribution < 1.29 is 31.6 Å². The molecule has 180 valence electrons. The number of nitrogens with one attached hydrogen (secondary N) is 1. The summed E-state index contributed by atoms with van der Waals surface area (Å²) in [4.78, 5) is 16.5. The van der Waals surface area contributed by atoms with Crippen LogP contribution in [-0.4, -0.2) is 34.4 Å². The van der Waals surface area contributed by atoms with E-state index >= 15 is 0 Å². The van der Waals surface area contributed by atoms with E-state index in [1.807, 2.05) is 0 Å². The Labute approximate surface area is 197 Å². The molecule has 3 rings (SSSR count). The molecular weight excluding hydrogens is 464 g/mol. The molecule has 0 bridgehead atoms.